The van der Waals surface area contributed by atoms with E-state index in [4.69, 9.17) is 4.74 Å². The summed E-state index contributed by atoms with van der Waals surface area (Å²) in [6.07, 6.45) is -4.81. The van der Waals surface area contributed by atoms with E-state index < -0.39 is 12.7 Å². The number of para-hydroxylation sites is 1. The standard InChI is InChI=1S/C22H17F6NO3/c23-21(24,25)31-15-6-1-4-13(10-15)17-8-3-9-18-20(17)30-12-19(29-18)14-5-2-7-16(11-14)32-22(26,27)28/h1-4,6-11,14,19,29H,5,12H2/t14-,19?/m0/s1. The average molecular weight is 457 g/mol. The fourth-order valence-corrected chi connectivity index (χ4v) is 3.70. The van der Waals surface area contributed by atoms with E-state index in [2.05, 4.69) is 14.8 Å². The molecule has 10 heteroatoms. The Morgan fingerprint density at radius 2 is 1.69 bits per heavy atom. The second kappa shape index (κ2) is 8.33. The lowest BCUT2D eigenvalue weighted by Gasteiger charge is -2.33. The Kier molecular flexibility index (Phi) is 5.70. The van der Waals surface area contributed by atoms with Crippen molar-refractivity contribution in [2.24, 2.45) is 5.92 Å². The third-order valence-electron chi connectivity index (χ3n) is 4.96. The Balaban J connectivity index is 1.55. The molecule has 0 bridgehead atoms. The van der Waals surface area contributed by atoms with Gasteiger partial charge in [-0.1, -0.05) is 30.3 Å². The number of hydrogen-bond acceptors (Lipinski definition) is 4. The quantitative estimate of drug-likeness (QED) is 0.538. The van der Waals surface area contributed by atoms with E-state index in [0.29, 0.717) is 29.0 Å². The van der Waals surface area contributed by atoms with Crippen molar-refractivity contribution in [3.05, 3.63) is 66.5 Å². The normalized spacial score (nSPS) is 20.5. The highest BCUT2D eigenvalue weighted by atomic mass is 19.4. The van der Waals surface area contributed by atoms with Gasteiger partial charge in [0.2, 0.25) is 0 Å². The Labute approximate surface area is 179 Å². The maximum absolute atomic E-state index is 12.5. The minimum atomic E-state index is -4.81. The van der Waals surface area contributed by atoms with E-state index in [1.54, 1.807) is 30.3 Å². The van der Waals surface area contributed by atoms with Crippen LogP contribution in [-0.2, 0) is 4.74 Å². The van der Waals surface area contributed by atoms with Gasteiger partial charge in [0.15, 0.2) is 0 Å². The molecule has 2 aliphatic rings. The Bertz CT molecular complexity index is 1040. The molecule has 2 aromatic carbocycles. The van der Waals surface area contributed by atoms with Crippen molar-refractivity contribution >= 4 is 5.69 Å². The summed E-state index contributed by atoms with van der Waals surface area (Å²) in [4.78, 5) is 0. The van der Waals surface area contributed by atoms with E-state index in [0.717, 1.165) is 0 Å². The summed E-state index contributed by atoms with van der Waals surface area (Å²) in [6, 6.07) is 10.3. The third-order valence-corrected chi connectivity index (χ3v) is 4.96. The molecule has 2 aromatic rings. The SMILES string of the molecule is FC(F)(F)OC1=C[C@@H](C2COc3c(cccc3-c3cccc(OC(F)(F)F)c3)N2)CC=C1. The van der Waals surface area contributed by atoms with Gasteiger partial charge in [-0.15, -0.1) is 26.3 Å². The molecule has 0 fully saturated rings. The minimum Gasteiger partial charge on any atom is -0.489 e. The van der Waals surface area contributed by atoms with Gasteiger partial charge in [0, 0.05) is 11.5 Å². The molecule has 0 spiro atoms. The zero-order valence-electron chi connectivity index (χ0n) is 16.3. The molecule has 170 valence electrons. The number of benzene rings is 2. The van der Waals surface area contributed by atoms with E-state index in [1.165, 1.54) is 30.4 Å². The van der Waals surface area contributed by atoms with Crippen molar-refractivity contribution < 1.29 is 40.6 Å². The number of halogens is 6. The largest absolute Gasteiger partial charge is 0.573 e. The van der Waals surface area contributed by atoms with Crippen molar-refractivity contribution in [2.75, 3.05) is 11.9 Å². The summed E-state index contributed by atoms with van der Waals surface area (Å²) in [5.74, 6) is -0.505. The van der Waals surface area contributed by atoms with E-state index in [-0.39, 0.29) is 30.1 Å². The monoisotopic (exact) mass is 457 g/mol. The molecule has 1 aliphatic carbocycles. The van der Waals surface area contributed by atoms with Gasteiger partial charge in [-0.25, -0.2) is 0 Å². The number of alkyl halides is 6. The Morgan fingerprint density at radius 3 is 2.44 bits per heavy atom. The number of rotatable bonds is 4. The van der Waals surface area contributed by atoms with Crippen LogP contribution >= 0.6 is 0 Å². The van der Waals surface area contributed by atoms with Gasteiger partial charge in [0.25, 0.3) is 0 Å². The summed E-state index contributed by atoms with van der Waals surface area (Å²) < 4.78 is 89.1. The smallest absolute Gasteiger partial charge is 0.489 e. The molecule has 0 saturated heterocycles. The number of nitrogens with one attached hydrogen (secondary N) is 1. The highest BCUT2D eigenvalue weighted by Crippen LogP contribution is 2.41. The molecule has 0 amide bonds. The Morgan fingerprint density at radius 1 is 0.938 bits per heavy atom. The summed E-state index contributed by atoms with van der Waals surface area (Å²) >= 11 is 0. The number of fused-ring (bicyclic) bond motifs is 1. The van der Waals surface area contributed by atoms with E-state index in [1.807, 2.05) is 0 Å². The van der Waals surface area contributed by atoms with Crippen molar-refractivity contribution in [3.8, 4) is 22.6 Å². The highest BCUT2D eigenvalue weighted by Gasteiger charge is 2.34. The van der Waals surface area contributed by atoms with Gasteiger partial charge >= 0.3 is 12.7 Å². The van der Waals surface area contributed by atoms with Gasteiger partial charge in [-0.2, -0.15) is 0 Å². The topological polar surface area (TPSA) is 39.7 Å². The van der Waals surface area contributed by atoms with Crippen LogP contribution in [0, 0.1) is 5.92 Å². The molecule has 32 heavy (non-hydrogen) atoms. The second-order valence-corrected chi connectivity index (χ2v) is 7.24. The van der Waals surface area contributed by atoms with Crippen molar-refractivity contribution in [3.63, 3.8) is 0 Å². The fraction of sp³-hybridized carbons (Fsp3) is 0.273. The van der Waals surface area contributed by atoms with Gasteiger partial charge in [0.05, 0.1) is 11.7 Å². The molecule has 1 aliphatic heterocycles. The van der Waals surface area contributed by atoms with Crippen LogP contribution < -0.4 is 14.8 Å². The molecule has 0 aromatic heterocycles. The van der Waals surface area contributed by atoms with E-state index >= 15 is 0 Å². The van der Waals surface area contributed by atoms with Gasteiger partial charge in [-0.05, 0) is 42.3 Å². The summed E-state index contributed by atoms with van der Waals surface area (Å²) in [5.41, 5.74) is 1.61. The molecule has 0 saturated carbocycles. The molecule has 0 radical (unpaired) electrons. The first kappa shape index (κ1) is 21.9. The molecule has 4 rings (SSSR count). The maximum Gasteiger partial charge on any atom is 0.573 e. The second-order valence-electron chi connectivity index (χ2n) is 7.24. The summed E-state index contributed by atoms with van der Waals surface area (Å²) in [6.45, 7) is 0.150. The molecule has 1 heterocycles. The number of anilines is 1. The number of ether oxygens (including phenoxy) is 3. The first-order valence-corrected chi connectivity index (χ1v) is 9.60. The van der Waals surface area contributed by atoms with Crippen LogP contribution in [0.2, 0.25) is 0 Å². The average Bonchev–Trinajstić information content (AvgIpc) is 2.71. The summed E-state index contributed by atoms with van der Waals surface area (Å²) in [7, 11) is 0. The zero-order valence-corrected chi connectivity index (χ0v) is 16.3. The van der Waals surface area contributed by atoms with Crippen LogP contribution in [0.3, 0.4) is 0 Å². The molecule has 1 N–H and O–H groups in total. The van der Waals surface area contributed by atoms with Crippen LogP contribution in [0.4, 0.5) is 32.0 Å². The highest BCUT2D eigenvalue weighted by molar-refractivity contribution is 5.79. The molecular weight excluding hydrogens is 440 g/mol. The van der Waals surface area contributed by atoms with E-state index in [9.17, 15) is 26.3 Å². The van der Waals surface area contributed by atoms with Crippen LogP contribution in [0.25, 0.3) is 11.1 Å². The number of hydrogen-bond donors (Lipinski definition) is 1. The predicted octanol–water partition coefficient (Wildman–Crippen LogP) is 6.42. The molecule has 2 atom stereocenters. The summed E-state index contributed by atoms with van der Waals surface area (Å²) in [5, 5.41) is 3.26. The fourth-order valence-electron chi connectivity index (χ4n) is 3.70. The molecular formula is C22H17F6NO3. The maximum atomic E-state index is 12.5. The van der Waals surface area contributed by atoms with Gasteiger partial charge in [-0.3, -0.25) is 0 Å². The Hall–Kier alpha value is -3.30. The first-order chi connectivity index (χ1) is 15.1. The van der Waals surface area contributed by atoms with Gasteiger partial charge < -0.3 is 19.5 Å². The first-order valence-electron chi connectivity index (χ1n) is 9.60. The van der Waals surface area contributed by atoms with Crippen LogP contribution in [-0.4, -0.2) is 25.4 Å². The molecule has 4 nitrogen and oxygen atoms in total. The van der Waals surface area contributed by atoms with Crippen LogP contribution in [0.15, 0.2) is 66.5 Å². The third kappa shape index (κ3) is 5.30. The minimum absolute atomic E-state index is 0.150. The lowest BCUT2D eigenvalue weighted by molar-refractivity contribution is -0.303. The zero-order chi connectivity index (χ0) is 22.9. The van der Waals surface area contributed by atoms with Gasteiger partial charge in [0.1, 0.15) is 23.9 Å². The van der Waals surface area contributed by atoms with Crippen LogP contribution in [0.1, 0.15) is 6.42 Å². The molecule has 1 unspecified atom stereocenters. The van der Waals surface area contributed by atoms with Crippen molar-refractivity contribution in [2.45, 2.75) is 25.2 Å². The predicted molar refractivity (Wildman–Crippen MR) is 104 cm³/mol. The number of allylic oxidation sites excluding steroid dienone is 2. The lowest BCUT2D eigenvalue weighted by Crippen LogP contribution is -2.38. The van der Waals surface area contributed by atoms with Crippen molar-refractivity contribution in [1.29, 1.82) is 0 Å². The van der Waals surface area contributed by atoms with Crippen LogP contribution in [0.5, 0.6) is 11.5 Å². The lowest BCUT2D eigenvalue weighted by atomic mass is 9.91. The van der Waals surface area contributed by atoms with Crippen molar-refractivity contribution in [1.82, 2.24) is 0 Å².